The van der Waals surface area contributed by atoms with Crippen LogP contribution in [-0.2, 0) is 24.1 Å². The largest absolute Gasteiger partial charge is 0.393 e. The van der Waals surface area contributed by atoms with E-state index in [1.54, 1.807) is 6.92 Å². The van der Waals surface area contributed by atoms with Crippen LogP contribution in [0.25, 0.3) is 0 Å². The van der Waals surface area contributed by atoms with E-state index in [-0.39, 0.29) is 12.0 Å². The molecule has 0 spiro atoms. The summed E-state index contributed by atoms with van der Waals surface area (Å²) in [5.41, 5.74) is 3.99. The van der Waals surface area contributed by atoms with Crippen molar-refractivity contribution >= 4 is 5.91 Å². The van der Waals surface area contributed by atoms with Crippen LogP contribution in [0.15, 0.2) is 18.2 Å². The maximum Gasteiger partial charge on any atom is 0.224 e. The van der Waals surface area contributed by atoms with Crippen LogP contribution in [0.3, 0.4) is 0 Å². The normalized spacial score (nSPS) is 16.9. The monoisotopic (exact) mass is 289 g/mol. The number of benzene rings is 1. The smallest absolute Gasteiger partial charge is 0.224 e. The lowest BCUT2D eigenvalue weighted by molar-refractivity contribution is -0.120. The van der Waals surface area contributed by atoms with Crippen molar-refractivity contribution in [3.05, 3.63) is 34.9 Å². The van der Waals surface area contributed by atoms with E-state index in [1.165, 1.54) is 30.4 Å². The Morgan fingerprint density at radius 3 is 2.67 bits per heavy atom. The molecule has 0 saturated heterocycles. The third-order valence-electron chi connectivity index (χ3n) is 4.17. The van der Waals surface area contributed by atoms with Gasteiger partial charge in [0.15, 0.2) is 0 Å². The molecule has 1 amide bonds. The molecule has 2 atom stereocenters. The third-order valence-corrected chi connectivity index (χ3v) is 4.17. The van der Waals surface area contributed by atoms with Crippen LogP contribution in [0, 0.1) is 5.92 Å². The van der Waals surface area contributed by atoms with Gasteiger partial charge < -0.3 is 10.4 Å². The average Bonchev–Trinajstić information content (AvgIpc) is 2.44. The standard InChI is InChI=1S/C18H27NO2/c1-13(9-14(2)20)12-19-18(21)11-15-7-8-16-5-3-4-6-17(16)10-15/h7-8,10,13-14,20H,3-6,9,11-12H2,1-2H3,(H,19,21). The van der Waals surface area contributed by atoms with Gasteiger partial charge in [-0.05, 0) is 61.6 Å². The first-order valence-electron chi connectivity index (χ1n) is 8.10. The zero-order chi connectivity index (χ0) is 15.2. The zero-order valence-electron chi connectivity index (χ0n) is 13.2. The molecule has 0 bridgehead atoms. The van der Waals surface area contributed by atoms with E-state index in [2.05, 4.69) is 23.5 Å². The van der Waals surface area contributed by atoms with Gasteiger partial charge in [-0.2, -0.15) is 0 Å². The first-order chi connectivity index (χ1) is 10.0. The molecule has 0 aromatic heterocycles. The number of fused-ring (bicyclic) bond motifs is 1. The van der Waals surface area contributed by atoms with Gasteiger partial charge >= 0.3 is 0 Å². The lowest BCUT2D eigenvalue weighted by atomic mass is 9.90. The molecule has 1 aromatic carbocycles. The number of amides is 1. The predicted molar refractivity (Wildman–Crippen MR) is 85.3 cm³/mol. The van der Waals surface area contributed by atoms with Crippen molar-refractivity contribution < 1.29 is 9.90 Å². The molecule has 21 heavy (non-hydrogen) atoms. The first-order valence-corrected chi connectivity index (χ1v) is 8.10. The molecule has 2 N–H and O–H groups in total. The van der Waals surface area contributed by atoms with Crippen molar-refractivity contribution in [1.29, 1.82) is 0 Å². The van der Waals surface area contributed by atoms with E-state index < -0.39 is 0 Å². The van der Waals surface area contributed by atoms with E-state index in [0.717, 1.165) is 18.4 Å². The second-order valence-corrected chi connectivity index (χ2v) is 6.48. The summed E-state index contributed by atoms with van der Waals surface area (Å²) in [5.74, 6) is 0.376. The molecular weight excluding hydrogens is 262 g/mol. The second kappa shape index (κ2) is 7.60. The van der Waals surface area contributed by atoms with Gasteiger partial charge in [0, 0.05) is 6.54 Å². The van der Waals surface area contributed by atoms with Crippen molar-refractivity contribution in [2.75, 3.05) is 6.54 Å². The highest BCUT2D eigenvalue weighted by Gasteiger charge is 2.12. The molecule has 1 aliphatic carbocycles. The minimum atomic E-state index is -0.308. The molecule has 0 radical (unpaired) electrons. The van der Waals surface area contributed by atoms with Crippen molar-refractivity contribution in [1.82, 2.24) is 5.32 Å². The Labute approximate surface area is 127 Å². The number of rotatable bonds is 6. The maximum absolute atomic E-state index is 12.0. The first kappa shape index (κ1) is 16.0. The number of aryl methyl sites for hydroxylation is 2. The van der Waals surface area contributed by atoms with Crippen molar-refractivity contribution in [2.45, 2.75) is 58.5 Å². The number of nitrogens with one attached hydrogen (secondary N) is 1. The molecule has 2 unspecified atom stereocenters. The molecule has 2 rings (SSSR count). The molecule has 0 saturated carbocycles. The molecule has 1 aliphatic rings. The molecule has 1 aromatic rings. The second-order valence-electron chi connectivity index (χ2n) is 6.48. The minimum absolute atomic E-state index is 0.0724. The van der Waals surface area contributed by atoms with Gasteiger partial charge in [-0.15, -0.1) is 0 Å². The highest BCUT2D eigenvalue weighted by Crippen LogP contribution is 2.22. The number of aliphatic hydroxyl groups is 1. The fourth-order valence-corrected chi connectivity index (χ4v) is 3.10. The summed E-state index contributed by atoms with van der Waals surface area (Å²) < 4.78 is 0. The fourth-order valence-electron chi connectivity index (χ4n) is 3.10. The van der Waals surface area contributed by atoms with Crippen molar-refractivity contribution in [3.8, 4) is 0 Å². The molecule has 3 nitrogen and oxygen atoms in total. The van der Waals surface area contributed by atoms with Gasteiger partial charge in [-0.1, -0.05) is 25.1 Å². The lowest BCUT2D eigenvalue weighted by Gasteiger charge is -2.17. The summed E-state index contributed by atoms with van der Waals surface area (Å²) >= 11 is 0. The van der Waals surface area contributed by atoms with Gasteiger partial charge in [0.2, 0.25) is 5.91 Å². The summed E-state index contributed by atoms with van der Waals surface area (Å²) in [5, 5.41) is 12.3. The van der Waals surface area contributed by atoms with Crippen molar-refractivity contribution in [2.24, 2.45) is 5.92 Å². The average molecular weight is 289 g/mol. The molecular formula is C18H27NO2. The molecule has 0 fully saturated rings. The summed E-state index contributed by atoms with van der Waals surface area (Å²) in [6, 6.07) is 6.48. The van der Waals surface area contributed by atoms with Crippen LogP contribution in [0.4, 0.5) is 0 Å². The molecule has 116 valence electrons. The number of hydrogen-bond acceptors (Lipinski definition) is 2. The molecule has 0 aliphatic heterocycles. The molecule has 0 heterocycles. The number of hydrogen-bond donors (Lipinski definition) is 2. The highest BCUT2D eigenvalue weighted by atomic mass is 16.3. The Hall–Kier alpha value is -1.35. The summed E-state index contributed by atoms with van der Waals surface area (Å²) in [7, 11) is 0. The fraction of sp³-hybridized carbons (Fsp3) is 0.611. The van der Waals surface area contributed by atoms with E-state index in [9.17, 15) is 9.90 Å². The number of carbonyl (C=O) groups excluding carboxylic acids is 1. The van der Waals surface area contributed by atoms with Gasteiger partial charge in [-0.3, -0.25) is 4.79 Å². The van der Waals surface area contributed by atoms with Crippen LogP contribution >= 0.6 is 0 Å². The quantitative estimate of drug-likeness (QED) is 0.846. The maximum atomic E-state index is 12.0. The van der Waals surface area contributed by atoms with Crippen LogP contribution in [0.5, 0.6) is 0 Å². The predicted octanol–water partition coefficient (Wildman–Crippen LogP) is 2.63. The van der Waals surface area contributed by atoms with Gasteiger partial charge in [0.05, 0.1) is 12.5 Å². The van der Waals surface area contributed by atoms with Gasteiger partial charge in [0.1, 0.15) is 0 Å². The lowest BCUT2D eigenvalue weighted by Crippen LogP contribution is -2.30. The minimum Gasteiger partial charge on any atom is -0.393 e. The Balaban J connectivity index is 1.82. The molecule has 3 heteroatoms. The van der Waals surface area contributed by atoms with E-state index in [0.29, 0.717) is 18.9 Å². The summed E-state index contributed by atoms with van der Waals surface area (Å²) in [4.78, 5) is 12.0. The van der Waals surface area contributed by atoms with Crippen LogP contribution < -0.4 is 5.32 Å². The van der Waals surface area contributed by atoms with E-state index >= 15 is 0 Å². The van der Waals surface area contributed by atoms with E-state index in [4.69, 9.17) is 0 Å². The Kier molecular flexibility index (Phi) is 5.80. The van der Waals surface area contributed by atoms with Crippen LogP contribution in [0.2, 0.25) is 0 Å². The summed E-state index contributed by atoms with van der Waals surface area (Å²) in [6.07, 6.45) is 5.74. The van der Waals surface area contributed by atoms with Crippen LogP contribution in [0.1, 0.15) is 49.8 Å². The van der Waals surface area contributed by atoms with Gasteiger partial charge in [-0.25, -0.2) is 0 Å². The number of carbonyl (C=O) groups is 1. The van der Waals surface area contributed by atoms with E-state index in [1.807, 2.05) is 6.92 Å². The van der Waals surface area contributed by atoms with Crippen LogP contribution in [-0.4, -0.2) is 23.7 Å². The topological polar surface area (TPSA) is 49.3 Å². The Bertz CT molecular complexity index is 482. The third kappa shape index (κ3) is 5.16. The summed E-state index contributed by atoms with van der Waals surface area (Å²) in [6.45, 7) is 4.46. The Morgan fingerprint density at radius 2 is 1.95 bits per heavy atom. The number of aliphatic hydroxyl groups excluding tert-OH is 1. The SMILES string of the molecule is CC(O)CC(C)CNC(=O)Cc1ccc2c(c1)CCCC2. The highest BCUT2D eigenvalue weighted by molar-refractivity contribution is 5.78. The van der Waals surface area contributed by atoms with Gasteiger partial charge in [0.25, 0.3) is 0 Å². The van der Waals surface area contributed by atoms with Crippen molar-refractivity contribution in [3.63, 3.8) is 0 Å². The zero-order valence-corrected chi connectivity index (χ0v) is 13.2. The Morgan fingerprint density at radius 1 is 1.24 bits per heavy atom.